The first-order chi connectivity index (χ1) is 15.1. The summed E-state index contributed by atoms with van der Waals surface area (Å²) in [6.07, 6.45) is -4.58. The zero-order valence-electron chi connectivity index (χ0n) is 18.5. The lowest BCUT2D eigenvalue weighted by atomic mass is 9.96. The van der Waals surface area contributed by atoms with Crippen LogP contribution in [0, 0.1) is 0 Å². The van der Waals surface area contributed by atoms with Gasteiger partial charge in [0.25, 0.3) is 0 Å². The molecule has 0 saturated carbocycles. The molecule has 1 aliphatic rings. The van der Waals surface area contributed by atoms with Gasteiger partial charge in [-0.1, -0.05) is 0 Å². The molecule has 176 valence electrons. The van der Waals surface area contributed by atoms with Gasteiger partial charge in [0.15, 0.2) is 12.2 Å². The van der Waals surface area contributed by atoms with E-state index in [1.54, 1.807) is 24.3 Å². The van der Waals surface area contributed by atoms with Crippen LogP contribution in [-0.4, -0.2) is 68.2 Å². The maximum absolute atomic E-state index is 11.9. The van der Waals surface area contributed by atoms with Crippen LogP contribution in [0.5, 0.6) is 11.5 Å². The Morgan fingerprint density at radius 3 is 1.94 bits per heavy atom. The van der Waals surface area contributed by atoms with Crippen molar-refractivity contribution >= 4 is 23.8 Å². The molecule has 2 rings (SSSR count). The second-order valence-electron chi connectivity index (χ2n) is 7.01. The number of amides is 1. The normalized spacial score (nSPS) is 24.6. The third-order valence-corrected chi connectivity index (χ3v) is 4.38. The molecule has 1 aliphatic heterocycles. The zero-order valence-corrected chi connectivity index (χ0v) is 18.5. The van der Waals surface area contributed by atoms with Gasteiger partial charge in [0.2, 0.25) is 12.2 Å². The maximum Gasteiger partial charge on any atom is 0.303 e. The van der Waals surface area contributed by atoms with Gasteiger partial charge in [0.1, 0.15) is 30.3 Å². The fourth-order valence-electron chi connectivity index (χ4n) is 3.18. The summed E-state index contributed by atoms with van der Waals surface area (Å²) in [6, 6.07) is 5.51. The minimum absolute atomic E-state index is 0.305. The highest BCUT2D eigenvalue weighted by Gasteiger charge is 2.51. The van der Waals surface area contributed by atoms with Crippen LogP contribution in [0.25, 0.3) is 0 Å². The van der Waals surface area contributed by atoms with Gasteiger partial charge in [0, 0.05) is 27.7 Å². The van der Waals surface area contributed by atoms with Crippen molar-refractivity contribution in [3.63, 3.8) is 0 Å². The van der Waals surface area contributed by atoms with E-state index in [1.807, 2.05) is 0 Å². The standard InChI is InChI=1S/C21H27NO10/c1-11(23)22-18-20(30-14(4)26)19(29-13(3)25)17(10-28-12(2)24)32-21(18)31-16-8-6-15(27-5)7-9-16/h6-9,17-21H,10H2,1-5H3,(H,22,23)/t17-,18+,19+,20+,21-/m1/s1. The molecule has 0 aromatic heterocycles. The molecule has 5 atom stereocenters. The number of nitrogens with one attached hydrogen (secondary N) is 1. The van der Waals surface area contributed by atoms with Crippen molar-refractivity contribution in [1.82, 2.24) is 5.32 Å². The van der Waals surface area contributed by atoms with E-state index in [0.29, 0.717) is 11.5 Å². The Morgan fingerprint density at radius 1 is 0.875 bits per heavy atom. The van der Waals surface area contributed by atoms with Crippen molar-refractivity contribution in [2.45, 2.75) is 58.3 Å². The van der Waals surface area contributed by atoms with Crippen LogP contribution < -0.4 is 14.8 Å². The van der Waals surface area contributed by atoms with E-state index >= 15 is 0 Å². The second kappa shape index (κ2) is 11.3. The number of ether oxygens (including phenoxy) is 6. The summed E-state index contributed by atoms with van der Waals surface area (Å²) in [7, 11) is 1.52. The van der Waals surface area contributed by atoms with Gasteiger partial charge >= 0.3 is 17.9 Å². The molecule has 1 fully saturated rings. The van der Waals surface area contributed by atoms with Crippen LogP contribution >= 0.6 is 0 Å². The monoisotopic (exact) mass is 453 g/mol. The number of benzene rings is 1. The van der Waals surface area contributed by atoms with Gasteiger partial charge in [-0.05, 0) is 24.3 Å². The molecule has 1 amide bonds. The predicted octanol–water partition coefficient (Wildman–Crippen LogP) is 0.730. The first kappa shape index (κ1) is 24.9. The average Bonchev–Trinajstić information content (AvgIpc) is 2.70. The van der Waals surface area contributed by atoms with Crippen molar-refractivity contribution in [3.05, 3.63) is 24.3 Å². The third-order valence-electron chi connectivity index (χ3n) is 4.38. The van der Waals surface area contributed by atoms with E-state index in [4.69, 9.17) is 28.4 Å². The van der Waals surface area contributed by atoms with Gasteiger partial charge in [-0.2, -0.15) is 0 Å². The number of esters is 3. The van der Waals surface area contributed by atoms with E-state index in [9.17, 15) is 19.2 Å². The highest BCUT2D eigenvalue weighted by molar-refractivity contribution is 5.73. The lowest BCUT2D eigenvalue weighted by Gasteiger charge is -2.44. The van der Waals surface area contributed by atoms with Crippen molar-refractivity contribution in [2.24, 2.45) is 0 Å². The highest BCUT2D eigenvalue weighted by Crippen LogP contribution is 2.29. The molecule has 1 heterocycles. The minimum Gasteiger partial charge on any atom is -0.497 e. The van der Waals surface area contributed by atoms with E-state index in [-0.39, 0.29) is 6.61 Å². The van der Waals surface area contributed by atoms with Crippen molar-refractivity contribution in [3.8, 4) is 11.5 Å². The fourth-order valence-corrected chi connectivity index (χ4v) is 3.18. The predicted molar refractivity (Wildman–Crippen MR) is 108 cm³/mol. The summed E-state index contributed by atoms with van der Waals surface area (Å²) < 4.78 is 32.7. The Balaban J connectivity index is 2.42. The zero-order chi connectivity index (χ0) is 23.8. The molecular formula is C21H27NO10. The summed E-state index contributed by atoms with van der Waals surface area (Å²) in [6.45, 7) is 4.51. The van der Waals surface area contributed by atoms with Crippen LogP contribution in [0.1, 0.15) is 27.7 Å². The van der Waals surface area contributed by atoms with Crippen molar-refractivity contribution in [2.75, 3.05) is 13.7 Å². The number of rotatable bonds is 8. The van der Waals surface area contributed by atoms with Crippen LogP contribution in [-0.2, 0) is 38.1 Å². The van der Waals surface area contributed by atoms with Gasteiger partial charge in [0.05, 0.1) is 7.11 Å². The molecule has 0 aliphatic carbocycles. The second-order valence-corrected chi connectivity index (χ2v) is 7.01. The third kappa shape index (κ3) is 7.12. The molecule has 1 aromatic rings. The summed E-state index contributed by atoms with van der Waals surface area (Å²) >= 11 is 0. The average molecular weight is 453 g/mol. The molecule has 1 saturated heterocycles. The van der Waals surface area contributed by atoms with Crippen LogP contribution in [0.4, 0.5) is 0 Å². The van der Waals surface area contributed by atoms with E-state index in [1.165, 1.54) is 34.8 Å². The Bertz CT molecular complexity index is 824. The first-order valence-corrected chi connectivity index (χ1v) is 9.81. The molecule has 32 heavy (non-hydrogen) atoms. The summed E-state index contributed by atoms with van der Waals surface area (Å²) in [4.78, 5) is 46.8. The van der Waals surface area contributed by atoms with Gasteiger partial charge in [-0.3, -0.25) is 19.2 Å². The summed E-state index contributed by atoms with van der Waals surface area (Å²) in [5.41, 5.74) is 0. The number of methoxy groups -OCH3 is 1. The van der Waals surface area contributed by atoms with Gasteiger partial charge < -0.3 is 33.7 Å². The smallest absolute Gasteiger partial charge is 0.303 e. The highest BCUT2D eigenvalue weighted by atomic mass is 16.7. The Kier molecular flexibility index (Phi) is 8.82. The Hall–Kier alpha value is -3.34. The van der Waals surface area contributed by atoms with Crippen molar-refractivity contribution < 1.29 is 47.6 Å². The lowest BCUT2D eigenvalue weighted by molar-refractivity contribution is -0.257. The minimum atomic E-state index is -1.18. The van der Waals surface area contributed by atoms with Crippen LogP contribution in [0.2, 0.25) is 0 Å². The molecule has 0 unspecified atom stereocenters. The molecule has 0 radical (unpaired) electrons. The van der Waals surface area contributed by atoms with E-state index < -0.39 is 54.5 Å². The molecule has 0 bridgehead atoms. The van der Waals surface area contributed by atoms with Gasteiger partial charge in [-0.25, -0.2) is 0 Å². The summed E-state index contributed by atoms with van der Waals surface area (Å²) in [5.74, 6) is -1.45. The van der Waals surface area contributed by atoms with Crippen molar-refractivity contribution in [1.29, 1.82) is 0 Å². The number of hydrogen-bond acceptors (Lipinski definition) is 10. The van der Waals surface area contributed by atoms with E-state index in [2.05, 4.69) is 5.32 Å². The molecule has 11 heteroatoms. The SMILES string of the molecule is COc1ccc(O[C@@H]2O[C@H](COC(C)=O)[C@H](OC(C)=O)[C@@H](OC(C)=O)[C@@H]2NC(C)=O)cc1. The number of hydrogen-bond donors (Lipinski definition) is 1. The van der Waals surface area contributed by atoms with Gasteiger partial charge in [-0.15, -0.1) is 0 Å². The quantitative estimate of drug-likeness (QED) is 0.443. The topological polar surface area (TPSA) is 136 Å². The van der Waals surface area contributed by atoms with Crippen LogP contribution in [0.15, 0.2) is 24.3 Å². The molecule has 1 N–H and O–H groups in total. The van der Waals surface area contributed by atoms with E-state index in [0.717, 1.165) is 0 Å². The summed E-state index contributed by atoms with van der Waals surface area (Å²) in [5, 5.41) is 2.63. The number of carbonyl (C=O) groups excluding carboxylic acids is 4. The molecule has 11 nitrogen and oxygen atoms in total. The Morgan fingerprint density at radius 2 is 1.44 bits per heavy atom. The largest absolute Gasteiger partial charge is 0.497 e. The maximum atomic E-state index is 11.9. The van der Waals surface area contributed by atoms with Crippen LogP contribution in [0.3, 0.4) is 0 Å². The molecule has 0 spiro atoms. The lowest BCUT2D eigenvalue weighted by Crippen LogP contribution is -2.67. The first-order valence-electron chi connectivity index (χ1n) is 9.81. The fraction of sp³-hybridized carbons (Fsp3) is 0.524. The number of carbonyl (C=O) groups is 4. The molecule has 1 aromatic carbocycles. The Labute approximate surface area is 185 Å². The molecular weight excluding hydrogens is 426 g/mol.